The van der Waals surface area contributed by atoms with Crippen molar-refractivity contribution in [1.29, 1.82) is 0 Å². The zero-order chi connectivity index (χ0) is 17.3. The third-order valence-corrected chi connectivity index (χ3v) is 3.44. The van der Waals surface area contributed by atoms with Gasteiger partial charge in [-0.2, -0.15) is 13.2 Å². The fourth-order valence-corrected chi connectivity index (χ4v) is 2.38. The number of anilines is 1. The number of aromatic nitrogens is 2. The van der Waals surface area contributed by atoms with Crippen LogP contribution in [0.3, 0.4) is 0 Å². The lowest BCUT2D eigenvalue weighted by atomic mass is 10.0. The maximum absolute atomic E-state index is 13.0. The van der Waals surface area contributed by atoms with Gasteiger partial charge in [-0.15, -0.1) is 10.2 Å². The van der Waals surface area contributed by atoms with Crippen LogP contribution in [0.1, 0.15) is 12.5 Å². The summed E-state index contributed by atoms with van der Waals surface area (Å²) < 4.78 is 39.0. The van der Waals surface area contributed by atoms with Crippen molar-refractivity contribution in [3.05, 3.63) is 54.1 Å². The van der Waals surface area contributed by atoms with Gasteiger partial charge in [0.15, 0.2) is 0 Å². The topological polar surface area (TPSA) is 54.9 Å². The molecule has 122 valence electrons. The first kappa shape index (κ1) is 15.9. The highest BCUT2D eigenvalue weighted by Crippen LogP contribution is 2.36. The molecule has 0 aliphatic rings. The van der Waals surface area contributed by atoms with E-state index in [0.717, 1.165) is 12.1 Å². The average Bonchev–Trinajstić information content (AvgIpc) is 2.54. The van der Waals surface area contributed by atoms with E-state index in [2.05, 4.69) is 15.5 Å². The lowest BCUT2D eigenvalue weighted by molar-refractivity contribution is -0.137. The van der Waals surface area contributed by atoms with Gasteiger partial charge in [-0.25, -0.2) is 0 Å². The molecule has 0 radical (unpaired) electrons. The van der Waals surface area contributed by atoms with E-state index < -0.39 is 17.6 Å². The van der Waals surface area contributed by atoms with Gasteiger partial charge >= 0.3 is 6.18 Å². The molecule has 1 heterocycles. The van der Waals surface area contributed by atoms with Gasteiger partial charge < -0.3 is 5.32 Å². The van der Waals surface area contributed by atoms with Crippen LogP contribution in [0, 0.1) is 0 Å². The van der Waals surface area contributed by atoms with Crippen LogP contribution < -0.4 is 5.32 Å². The van der Waals surface area contributed by atoms with Crippen LogP contribution in [0.5, 0.6) is 0 Å². The molecule has 7 heteroatoms. The Balaban J connectivity index is 2.31. The van der Waals surface area contributed by atoms with Gasteiger partial charge in [-0.3, -0.25) is 4.79 Å². The second-order valence-electron chi connectivity index (χ2n) is 5.20. The Morgan fingerprint density at radius 3 is 2.38 bits per heavy atom. The van der Waals surface area contributed by atoms with Crippen LogP contribution in [0.25, 0.3) is 22.2 Å². The van der Waals surface area contributed by atoms with E-state index >= 15 is 0 Å². The molecule has 0 aliphatic heterocycles. The molecular weight excluding hydrogens is 319 g/mol. The van der Waals surface area contributed by atoms with Crippen LogP contribution in [0.2, 0.25) is 0 Å². The molecule has 0 aliphatic carbocycles. The zero-order valence-electron chi connectivity index (χ0n) is 12.6. The highest BCUT2D eigenvalue weighted by molar-refractivity contribution is 6.05. The first-order valence-corrected chi connectivity index (χ1v) is 7.07. The number of carbonyl (C=O) groups is 1. The summed E-state index contributed by atoms with van der Waals surface area (Å²) in [6.45, 7) is 1.29. The quantitative estimate of drug-likeness (QED) is 0.763. The van der Waals surface area contributed by atoms with E-state index in [1.54, 1.807) is 30.3 Å². The fourth-order valence-electron chi connectivity index (χ4n) is 2.38. The van der Waals surface area contributed by atoms with Crippen molar-refractivity contribution < 1.29 is 18.0 Å². The standard InChI is InChI=1S/C17H12F3N3O/c1-10(24)21-16-13-9-12(17(18,19)20)7-8-14(13)22-23-15(16)11-5-3-2-4-6-11/h2-9H,1H3,(H,21,22,24). The molecule has 0 bridgehead atoms. The van der Waals surface area contributed by atoms with Crippen LogP contribution in [0.4, 0.5) is 18.9 Å². The third-order valence-electron chi connectivity index (χ3n) is 3.44. The minimum Gasteiger partial charge on any atom is -0.324 e. The maximum Gasteiger partial charge on any atom is 0.416 e. The normalized spacial score (nSPS) is 11.5. The Morgan fingerprint density at radius 2 is 1.75 bits per heavy atom. The van der Waals surface area contributed by atoms with Crippen LogP contribution in [0.15, 0.2) is 48.5 Å². The smallest absolute Gasteiger partial charge is 0.324 e. The first-order chi connectivity index (χ1) is 11.4. The predicted octanol–water partition coefficient (Wildman–Crippen LogP) is 4.27. The molecule has 3 aromatic rings. The van der Waals surface area contributed by atoms with E-state index in [0.29, 0.717) is 11.3 Å². The molecule has 24 heavy (non-hydrogen) atoms. The van der Waals surface area contributed by atoms with Gasteiger partial charge in [0.25, 0.3) is 0 Å². The van der Waals surface area contributed by atoms with Crippen molar-refractivity contribution in [2.45, 2.75) is 13.1 Å². The number of hydrogen-bond donors (Lipinski definition) is 1. The number of carbonyl (C=O) groups excluding carboxylic acids is 1. The van der Waals surface area contributed by atoms with Crippen molar-refractivity contribution in [3.8, 4) is 11.3 Å². The molecule has 0 fully saturated rings. The number of alkyl halides is 3. The molecule has 0 spiro atoms. The van der Waals surface area contributed by atoms with E-state index in [1.807, 2.05) is 0 Å². The molecule has 1 aromatic heterocycles. The number of fused-ring (bicyclic) bond motifs is 1. The van der Waals surface area contributed by atoms with Crippen LogP contribution in [-0.2, 0) is 11.0 Å². The lowest BCUT2D eigenvalue weighted by Crippen LogP contribution is -2.10. The second kappa shape index (κ2) is 5.92. The number of hydrogen-bond acceptors (Lipinski definition) is 3. The second-order valence-corrected chi connectivity index (χ2v) is 5.20. The Labute approximate surface area is 135 Å². The molecule has 3 rings (SSSR count). The number of rotatable bonds is 2. The molecular formula is C17H12F3N3O. The monoisotopic (exact) mass is 331 g/mol. The van der Waals surface area contributed by atoms with E-state index in [1.165, 1.54) is 13.0 Å². The highest BCUT2D eigenvalue weighted by atomic mass is 19.4. The summed E-state index contributed by atoms with van der Waals surface area (Å²) in [7, 11) is 0. The van der Waals surface area contributed by atoms with Gasteiger partial charge in [0.1, 0.15) is 5.69 Å². The average molecular weight is 331 g/mol. The third kappa shape index (κ3) is 3.05. The minimum atomic E-state index is -4.49. The van der Waals surface area contributed by atoms with Crippen molar-refractivity contribution in [1.82, 2.24) is 10.2 Å². The van der Waals surface area contributed by atoms with Crippen molar-refractivity contribution in [2.24, 2.45) is 0 Å². The Bertz CT molecular complexity index is 908. The molecule has 4 nitrogen and oxygen atoms in total. The molecule has 0 saturated carbocycles. The Kier molecular flexibility index (Phi) is 3.92. The number of halogens is 3. The summed E-state index contributed by atoms with van der Waals surface area (Å²) in [4.78, 5) is 11.5. The summed E-state index contributed by atoms with van der Waals surface area (Å²) in [6.07, 6.45) is -4.49. The number of nitrogens with zero attached hydrogens (tertiary/aromatic N) is 2. The van der Waals surface area contributed by atoms with Gasteiger partial charge in [0.2, 0.25) is 5.91 Å². The van der Waals surface area contributed by atoms with E-state index in [4.69, 9.17) is 0 Å². The lowest BCUT2D eigenvalue weighted by Gasteiger charge is -2.13. The van der Waals surface area contributed by atoms with Gasteiger partial charge in [-0.05, 0) is 18.2 Å². The summed E-state index contributed by atoms with van der Waals surface area (Å²) in [5.74, 6) is -0.404. The zero-order valence-corrected chi connectivity index (χ0v) is 12.6. The number of benzene rings is 2. The van der Waals surface area contributed by atoms with Crippen LogP contribution >= 0.6 is 0 Å². The molecule has 0 unspecified atom stereocenters. The van der Waals surface area contributed by atoms with Gasteiger partial charge in [0.05, 0.1) is 16.8 Å². The summed E-state index contributed by atoms with van der Waals surface area (Å²) in [6, 6.07) is 12.0. The Hall–Kier alpha value is -2.96. The van der Waals surface area contributed by atoms with Crippen molar-refractivity contribution >= 4 is 22.5 Å². The molecule has 1 N–H and O–H groups in total. The van der Waals surface area contributed by atoms with E-state index in [9.17, 15) is 18.0 Å². The summed E-state index contributed by atoms with van der Waals surface area (Å²) >= 11 is 0. The van der Waals surface area contributed by atoms with Crippen LogP contribution in [-0.4, -0.2) is 16.1 Å². The molecule has 1 amide bonds. The van der Waals surface area contributed by atoms with Crippen molar-refractivity contribution in [2.75, 3.05) is 5.32 Å². The van der Waals surface area contributed by atoms with E-state index in [-0.39, 0.29) is 16.6 Å². The molecule has 0 saturated heterocycles. The molecule has 2 aromatic carbocycles. The predicted molar refractivity (Wildman–Crippen MR) is 84.3 cm³/mol. The largest absolute Gasteiger partial charge is 0.416 e. The number of nitrogens with one attached hydrogen (secondary N) is 1. The fraction of sp³-hybridized carbons (Fsp3) is 0.118. The van der Waals surface area contributed by atoms with Gasteiger partial charge in [-0.1, -0.05) is 30.3 Å². The Morgan fingerprint density at radius 1 is 1.04 bits per heavy atom. The first-order valence-electron chi connectivity index (χ1n) is 7.07. The molecule has 0 atom stereocenters. The highest BCUT2D eigenvalue weighted by Gasteiger charge is 2.31. The number of amides is 1. The summed E-state index contributed by atoms with van der Waals surface area (Å²) in [5, 5.41) is 10.8. The summed E-state index contributed by atoms with van der Waals surface area (Å²) in [5.41, 5.74) is 0.635. The maximum atomic E-state index is 13.0. The minimum absolute atomic E-state index is 0.189. The van der Waals surface area contributed by atoms with Crippen molar-refractivity contribution in [3.63, 3.8) is 0 Å². The van der Waals surface area contributed by atoms with Gasteiger partial charge in [0, 0.05) is 17.9 Å². The SMILES string of the molecule is CC(=O)Nc1c(-c2ccccc2)nnc2ccc(C(F)(F)F)cc12.